The minimum absolute atomic E-state index is 0.239. The average Bonchev–Trinajstić information content (AvgIpc) is 1.82. The van der Waals surface area contributed by atoms with Crippen LogP contribution < -0.4 is 5.32 Å². The summed E-state index contributed by atoms with van der Waals surface area (Å²) in [7, 11) is 0. The van der Waals surface area contributed by atoms with Crippen LogP contribution in [0.3, 0.4) is 0 Å². The predicted molar refractivity (Wildman–Crippen MR) is 44.0 cm³/mol. The van der Waals surface area contributed by atoms with Crippen molar-refractivity contribution in [2.75, 3.05) is 13.2 Å². The molecule has 0 fully saturated rings. The largest absolute Gasteiger partial charge is 0.395 e. The molecule has 0 aliphatic heterocycles. The third-order valence-electron chi connectivity index (χ3n) is 1.43. The van der Waals surface area contributed by atoms with Crippen LogP contribution in [0.4, 0.5) is 0 Å². The molecule has 0 bridgehead atoms. The van der Waals surface area contributed by atoms with Crippen LogP contribution in [-0.4, -0.2) is 24.3 Å². The maximum absolute atomic E-state index is 8.49. The molecule has 0 unspecified atom stereocenters. The molecule has 0 aliphatic rings. The molecule has 62 valence electrons. The van der Waals surface area contributed by atoms with Crippen LogP contribution >= 0.6 is 0 Å². The minimum atomic E-state index is 0.239. The van der Waals surface area contributed by atoms with E-state index < -0.39 is 0 Å². The summed E-state index contributed by atoms with van der Waals surface area (Å²) < 4.78 is 0. The Balaban J connectivity index is 3.16. The Morgan fingerprint density at radius 1 is 1.30 bits per heavy atom. The van der Waals surface area contributed by atoms with E-state index in [1.807, 2.05) is 0 Å². The molecule has 0 radical (unpaired) electrons. The van der Waals surface area contributed by atoms with Gasteiger partial charge in [-0.3, -0.25) is 0 Å². The minimum Gasteiger partial charge on any atom is -0.395 e. The molecule has 0 heterocycles. The Kier molecular flexibility index (Phi) is 5.64. The van der Waals surface area contributed by atoms with Crippen LogP contribution in [0, 0.1) is 5.92 Å². The highest BCUT2D eigenvalue weighted by molar-refractivity contribution is 4.61. The van der Waals surface area contributed by atoms with Gasteiger partial charge in [-0.1, -0.05) is 13.8 Å². The first-order valence-electron chi connectivity index (χ1n) is 4.01. The smallest absolute Gasteiger partial charge is 0.0556 e. The zero-order valence-electron chi connectivity index (χ0n) is 7.22. The molecular formula is C8H19NO. The van der Waals surface area contributed by atoms with Crippen molar-refractivity contribution >= 4 is 0 Å². The van der Waals surface area contributed by atoms with Gasteiger partial charge in [-0.25, -0.2) is 0 Å². The summed E-state index contributed by atoms with van der Waals surface area (Å²) in [6.07, 6.45) is 1.18. The number of rotatable bonds is 5. The number of nitrogens with one attached hydrogen (secondary N) is 1. The van der Waals surface area contributed by atoms with E-state index in [0.29, 0.717) is 12.6 Å². The van der Waals surface area contributed by atoms with Crippen molar-refractivity contribution in [1.29, 1.82) is 0 Å². The van der Waals surface area contributed by atoms with E-state index in [4.69, 9.17) is 5.11 Å². The van der Waals surface area contributed by atoms with Crippen molar-refractivity contribution in [1.82, 2.24) is 5.32 Å². The van der Waals surface area contributed by atoms with E-state index in [1.165, 1.54) is 6.42 Å². The van der Waals surface area contributed by atoms with E-state index in [-0.39, 0.29) is 6.61 Å². The average molecular weight is 145 g/mol. The van der Waals surface area contributed by atoms with Crippen molar-refractivity contribution in [2.24, 2.45) is 5.92 Å². The van der Waals surface area contributed by atoms with Gasteiger partial charge in [0.2, 0.25) is 0 Å². The highest BCUT2D eigenvalue weighted by Gasteiger charge is 2.02. The Bertz CT molecular complexity index is 73.7. The van der Waals surface area contributed by atoms with Gasteiger partial charge in [-0.2, -0.15) is 0 Å². The molecule has 10 heavy (non-hydrogen) atoms. The van der Waals surface area contributed by atoms with Crippen LogP contribution in [0.5, 0.6) is 0 Å². The van der Waals surface area contributed by atoms with E-state index in [1.54, 1.807) is 0 Å². The summed E-state index contributed by atoms with van der Waals surface area (Å²) in [4.78, 5) is 0. The van der Waals surface area contributed by atoms with Gasteiger partial charge in [0, 0.05) is 12.6 Å². The third-order valence-corrected chi connectivity index (χ3v) is 1.43. The van der Waals surface area contributed by atoms with Crippen molar-refractivity contribution in [3.8, 4) is 0 Å². The number of hydrogen-bond donors (Lipinski definition) is 2. The molecule has 0 aliphatic carbocycles. The normalized spacial score (nSPS) is 14.1. The maximum Gasteiger partial charge on any atom is 0.0556 e. The fourth-order valence-corrected chi connectivity index (χ4v) is 1.10. The van der Waals surface area contributed by atoms with Crippen molar-refractivity contribution in [3.63, 3.8) is 0 Å². The Labute approximate surface area is 63.6 Å². The lowest BCUT2D eigenvalue weighted by molar-refractivity contribution is 0.281. The Morgan fingerprint density at radius 3 is 2.30 bits per heavy atom. The van der Waals surface area contributed by atoms with Crippen molar-refractivity contribution < 1.29 is 5.11 Å². The van der Waals surface area contributed by atoms with Crippen LogP contribution in [0.1, 0.15) is 27.2 Å². The summed E-state index contributed by atoms with van der Waals surface area (Å²) in [5, 5.41) is 11.7. The van der Waals surface area contributed by atoms with E-state index in [9.17, 15) is 0 Å². The zero-order chi connectivity index (χ0) is 7.98. The van der Waals surface area contributed by atoms with E-state index in [2.05, 4.69) is 26.1 Å². The van der Waals surface area contributed by atoms with Crippen molar-refractivity contribution in [2.45, 2.75) is 33.2 Å². The van der Waals surface area contributed by atoms with E-state index >= 15 is 0 Å². The molecule has 0 aromatic heterocycles. The first-order valence-corrected chi connectivity index (χ1v) is 4.01. The van der Waals surface area contributed by atoms with Crippen LogP contribution in [-0.2, 0) is 0 Å². The molecular weight excluding hydrogens is 126 g/mol. The summed E-state index contributed by atoms with van der Waals surface area (Å²) in [6.45, 7) is 7.51. The van der Waals surface area contributed by atoms with Gasteiger partial charge in [-0.05, 0) is 19.3 Å². The molecule has 1 atom stereocenters. The van der Waals surface area contributed by atoms with Crippen LogP contribution in [0.2, 0.25) is 0 Å². The second kappa shape index (κ2) is 5.69. The standard InChI is InChI=1S/C8H19NO/c1-7(2)6-8(3)9-4-5-10/h7-10H,4-6H2,1-3H3/t8-/m0/s1. The van der Waals surface area contributed by atoms with Gasteiger partial charge < -0.3 is 10.4 Å². The first-order chi connectivity index (χ1) is 4.66. The highest BCUT2D eigenvalue weighted by Crippen LogP contribution is 2.02. The second-order valence-corrected chi connectivity index (χ2v) is 3.21. The fraction of sp³-hybridized carbons (Fsp3) is 1.00. The molecule has 0 saturated heterocycles. The summed E-state index contributed by atoms with van der Waals surface area (Å²) in [6, 6.07) is 0.534. The zero-order valence-corrected chi connectivity index (χ0v) is 7.22. The quantitative estimate of drug-likeness (QED) is 0.605. The predicted octanol–water partition coefficient (Wildman–Crippen LogP) is 1.00. The highest BCUT2D eigenvalue weighted by atomic mass is 16.3. The topological polar surface area (TPSA) is 32.3 Å². The molecule has 0 spiro atoms. The number of aliphatic hydroxyl groups is 1. The summed E-state index contributed by atoms with van der Waals surface area (Å²) in [5.41, 5.74) is 0. The number of hydrogen-bond acceptors (Lipinski definition) is 2. The molecule has 0 rings (SSSR count). The van der Waals surface area contributed by atoms with Gasteiger partial charge in [0.25, 0.3) is 0 Å². The fourth-order valence-electron chi connectivity index (χ4n) is 1.10. The van der Waals surface area contributed by atoms with Gasteiger partial charge in [-0.15, -0.1) is 0 Å². The lowest BCUT2D eigenvalue weighted by Gasteiger charge is -2.14. The molecule has 0 saturated carbocycles. The first kappa shape index (κ1) is 9.92. The van der Waals surface area contributed by atoms with Crippen LogP contribution in [0.15, 0.2) is 0 Å². The Hall–Kier alpha value is -0.0800. The number of aliphatic hydroxyl groups excluding tert-OH is 1. The third kappa shape index (κ3) is 6.05. The Morgan fingerprint density at radius 2 is 1.90 bits per heavy atom. The van der Waals surface area contributed by atoms with Crippen molar-refractivity contribution in [3.05, 3.63) is 0 Å². The molecule has 0 aromatic carbocycles. The molecule has 0 aromatic rings. The molecule has 2 heteroatoms. The van der Waals surface area contributed by atoms with Gasteiger partial charge in [0.05, 0.1) is 6.61 Å². The van der Waals surface area contributed by atoms with Gasteiger partial charge in [0.15, 0.2) is 0 Å². The summed E-state index contributed by atoms with van der Waals surface area (Å²) in [5.74, 6) is 0.737. The summed E-state index contributed by atoms with van der Waals surface area (Å²) >= 11 is 0. The van der Waals surface area contributed by atoms with E-state index in [0.717, 1.165) is 5.92 Å². The molecule has 2 N–H and O–H groups in total. The SMILES string of the molecule is CC(C)C[C@H](C)NCCO. The van der Waals surface area contributed by atoms with Gasteiger partial charge >= 0.3 is 0 Å². The molecule has 2 nitrogen and oxygen atoms in total. The lowest BCUT2D eigenvalue weighted by atomic mass is 10.1. The lowest BCUT2D eigenvalue weighted by Crippen LogP contribution is -2.29. The van der Waals surface area contributed by atoms with Crippen LogP contribution in [0.25, 0.3) is 0 Å². The van der Waals surface area contributed by atoms with Gasteiger partial charge in [0.1, 0.15) is 0 Å². The second-order valence-electron chi connectivity index (χ2n) is 3.21. The maximum atomic E-state index is 8.49. The monoisotopic (exact) mass is 145 g/mol. The molecule has 0 amide bonds.